The Morgan fingerprint density at radius 2 is 1.05 bits per heavy atom. The van der Waals surface area contributed by atoms with Gasteiger partial charge in [0, 0.05) is 50.3 Å². The van der Waals surface area contributed by atoms with Crippen molar-refractivity contribution < 1.29 is 18.3 Å². The van der Waals surface area contributed by atoms with E-state index in [1.54, 1.807) is 0 Å². The van der Waals surface area contributed by atoms with Crippen molar-refractivity contribution in [2.75, 3.05) is 16.6 Å². The van der Waals surface area contributed by atoms with Gasteiger partial charge in [-0.25, -0.2) is 0 Å². The fraction of sp³-hybridized carbons (Fsp3) is 0.179. The zero-order valence-corrected chi connectivity index (χ0v) is 36.7. The van der Waals surface area contributed by atoms with E-state index in [4.69, 9.17) is 18.3 Å². The third-order valence-electron chi connectivity index (χ3n) is 13.2. The first kappa shape index (κ1) is 37.6. The summed E-state index contributed by atoms with van der Waals surface area (Å²) >= 11 is 0. The number of fused-ring (bicyclic) bond motifs is 7. The van der Waals surface area contributed by atoms with Crippen LogP contribution < -0.4 is 35.7 Å². The highest BCUT2D eigenvalue weighted by atomic mass is 16.7. The first-order valence-electron chi connectivity index (χ1n) is 21.9. The Balaban J connectivity index is 1.17. The van der Waals surface area contributed by atoms with Crippen LogP contribution in [0.15, 0.2) is 154 Å². The average molecular weight is 823 g/mol. The highest BCUT2D eigenvalue weighted by Crippen LogP contribution is 2.51. The van der Waals surface area contributed by atoms with Gasteiger partial charge in [0.1, 0.15) is 22.7 Å². The minimum atomic E-state index is -0.0787. The van der Waals surface area contributed by atoms with E-state index in [1.165, 1.54) is 27.5 Å². The van der Waals surface area contributed by atoms with Crippen LogP contribution in [0, 0.1) is 6.92 Å². The standard InChI is InChI=1S/C56H47BN2O4/c1-33-23-46-53-47(24-33)59(45-15-12-18-50-54(45)61-32-60-50)44-22-20-39(56(5,6)7)31-42(44)57(53)41-30-38(55(2,3)4)19-21-43(41)58(46)40-26-36(51-28-34-13-8-10-16-48(34)62-51)25-37(27-40)52-29-35-14-9-11-17-49(35)63-52/h8-31H,32H2,1-7H3. The van der Waals surface area contributed by atoms with Gasteiger partial charge in [-0.15, -0.1) is 0 Å². The van der Waals surface area contributed by atoms with Crippen molar-refractivity contribution in [2.45, 2.75) is 59.3 Å². The number of furan rings is 2. The van der Waals surface area contributed by atoms with Crippen molar-refractivity contribution in [2.24, 2.45) is 0 Å². The van der Waals surface area contributed by atoms with Crippen molar-refractivity contribution >= 4 is 79.2 Å². The highest BCUT2D eigenvalue weighted by molar-refractivity contribution is 7.00. The summed E-state index contributed by atoms with van der Waals surface area (Å²) in [5, 5.41) is 2.12. The van der Waals surface area contributed by atoms with Gasteiger partial charge in [-0.2, -0.15) is 0 Å². The van der Waals surface area contributed by atoms with Crippen LogP contribution >= 0.6 is 0 Å². The minimum Gasteiger partial charge on any atom is -0.456 e. The number of hydrogen-bond acceptors (Lipinski definition) is 6. The molecule has 0 fully saturated rings. The number of rotatable bonds is 4. The molecule has 12 rings (SSSR count). The average Bonchev–Trinajstić information content (AvgIpc) is 4.04. The van der Waals surface area contributed by atoms with Gasteiger partial charge >= 0.3 is 0 Å². The summed E-state index contributed by atoms with van der Waals surface area (Å²) < 4.78 is 25.5. The monoisotopic (exact) mass is 822 g/mol. The highest BCUT2D eigenvalue weighted by Gasteiger charge is 2.45. The summed E-state index contributed by atoms with van der Waals surface area (Å²) in [5.41, 5.74) is 17.5. The molecule has 3 aliphatic heterocycles. The molecule has 5 heterocycles. The maximum absolute atomic E-state index is 6.62. The maximum atomic E-state index is 6.62. The van der Waals surface area contributed by atoms with Gasteiger partial charge in [0.05, 0.1) is 5.69 Å². The van der Waals surface area contributed by atoms with E-state index in [-0.39, 0.29) is 24.3 Å². The van der Waals surface area contributed by atoms with Crippen molar-refractivity contribution in [3.8, 4) is 34.1 Å². The summed E-state index contributed by atoms with van der Waals surface area (Å²) in [5.74, 6) is 3.12. The van der Waals surface area contributed by atoms with Crippen LogP contribution in [0.1, 0.15) is 58.2 Å². The van der Waals surface area contributed by atoms with Gasteiger partial charge in [0.15, 0.2) is 11.5 Å². The Kier molecular flexibility index (Phi) is 8.03. The largest absolute Gasteiger partial charge is 0.456 e. The summed E-state index contributed by atoms with van der Waals surface area (Å²) in [7, 11) is 0. The van der Waals surface area contributed by atoms with Crippen LogP contribution in [0.25, 0.3) is 44.6 Å². The van der Waals surface area contributed by atoms with Gasteiger partial charge < -0.3 is 28.1 Å². The molecule has 0 aliphatic carbocycles. The molecule has 0 bridgehead atoms. The molecule has 0 radical (unpaired) electrons. The second-order valence-corrected chi connectivity index (χ2v) is 19.4. The van der Waals surface area contributed by atoms with Crippen molar-refractivity contribution in [3.63, 3.8) is 0 Å². The molecule has 0 atom stereocenters. The molecule has 0 saturated carbocycles. The molecule has 2 aromatic heterocycles. The lowest BCUT2D eigenvalue weighted by atomic mass is 9.33. The molecule has 3 aliphatic rings. The van der Waals surface area contributed by atoms with Crippen molar-refractivity contribution in [3.05, 3.63) is 162 Å². The first-order valence-corrected chi connectivity index (χ1v) is 21.9. The van der Waals surface area contributed by atoms with E-state index in [0.29, 0.717) is 0 Å². The molecule has 0 amide bonds. The zero-order valence-electron chi connectivity index (χ0n) is 36.7. The number of nitrogens with zero attached hydrogens (tertiary/aromatic N) is 2. The van der Waals surface area contributed by atoms with Gasteiger partial charge in [-0.3, -0.25) is 0 Å². The first-order chi connectivity index (χ1) is 30.4. The normalized spacial score (nSPS) is 14.0. The Hall–Kier alpha value is -7.12. The molecule has 6 nitrogen and oxygen atoms in total. The zero-order chi connectivity index (χ0) is 42.9. The topological polar surface area (TPSA) is 51.2 Å². The predicted molar refractivity (Wildman–Crippen MR) is 259 cm³/mol. The molecular formula is C56H47BN2O4. The third-order valence-corrected chi connectivity index (χ3v) is 13.2. The second kappa shape index (κ2) is 13.4. The number of benzene rings is 7. The minimum absolute atomic E-state index is 0.0555. The lowest BCUT2D eigenvalue weighted by Gasteiger charge is -2.45. The second-order valence-electron chi connectivity index (χ2n) is 19.4. The summed E-state index contributed by atoms with van der Waals surface area (Å²) in [6.07, 6.45) is 0. The molecule has 7 heteroatoms. The van der Waals surface area contributed by atoms with Crippen LogP contribution in [0.3, 0.4) is 0 Å². The number of aryl methyl sites for hydroxylation is 1. The molecule has 308 valence electrons. The van der Waals surface area contributed by atoms with Gasteiger partial charge in [-0.05, 0) is 130 Å². The van der Waals surface area contributed by atoms with E-state index < -0.39 is 0 Å². The predicted octanol–water partition coefficient (Wildman–Crippen LogP) is 13.2. The molecule has 63 heavy (non-hydrogen) atoms. The summed E-state index contributed by atoms with van der Waals surface area (Å²) in [6, 6.07) is 52.7. The lowest BCUT2D eigenvalue weighted by Crippen LogP contribution is -2.61. The van der Waals surface area contributed by atoms with Crippen LogP contribution in [0.2, 0.25) is 0 Å². The Morgan fingerprint density at radius 3 is 1.62 bits per heavy atom. The third kappa shape index (κ3) is 5.93. The van der Waals surface area contributed by atoms with Gasteiger partial charge in [0.25, 0.3) is 6.71 Å². The number of anilines is 6. The van der Waals surface area contributed by atoms with E-state index in [0.717, 1.165) is 95.8 Å². The Labute approximate surface area is 368 Å². The molecule has 9 aromatic rings. The maximum Gasteiger partial charge on any atom is 0.252 e. The van der Waals surface area contributed by atoms with E-state index in [9.17, 15) is 0 Å². The van der Waals surface area contributed by atoms with Gasteiger partial charge in [0.2, 0.25) is 6.79 Å². The molecular weight excluding hydrogens is 775 g/mol. The molecule has 0 spiro atoms. The molecule has 7 aromatic carbocycles. The van der Waals surface area contributed by atoms with Crippen molar-refractivity contribution in [1.29, 1.82) is 0 Å². The molecule has 0 saturated heterocycles. The molecule has 0 N–H and O–H groups in total. The van der Waals surface area contributed by atoms with Crippen LogP contribution in [-0.2, 0) is 10.8 Å². The Morgan fingerprint density at radius 1 is 0.492 bits per heavy atom. The quantitative estimate of drug-likeness (QED) is 0.165. The summed E-state index contributed by atoms with van der Waals surface area (Å²) in [4.78, 5) is 4.90. The number of para-hydroxylation sites is 3. The number of ether oxygens (including phenoxy) is 2. The van der Waals surface area contributed by atoms with Crippen LogP contribution in [0.4, 0.5) is 34.1 Å². The van der Waals surface area contributed by atoms with Crippen molar-refractivity contribution in [1.82, 2.24) is 0 Å². The van der Waals surface area contributed by atoms with Crippen LogP contribution in [0.5, 0.6) is 11.5 Å². The fourth-order valence-electron chi connectivity index (χ4n) is 9.98. The fourth-order valence-corrected chi connectivity index (χ4v) is 9.98. The Bertz CT molecular complexity index is 3190. The lowest BCUT2D eigenvalue weighted by molar-refractivity contribution is 0.174. The smallest absolute Gasteiger partial charge is 0.252 e. The van der Waals surface area contributed by atoms with Gasteiger partial charge in [-0.1, -0.05) is 108 Å². The van der Waals surface area contributed by atoms with E-state index >= 15 is 0 Å². The SMILES string of the molecule is Cc1cc2c3c(c1)N(c1cccc4c1OCO4)c1ccc(C(C)(C)C)cc1B3c1cc(C(C)(C)C)ccc1N2c1cc(-c2cc3ccccc3o2)cc(-c2cc3ccccc3o2)c1. The number of hydrogen-bond donors (Lipinski definition) is 0. The van der Waals surface area contributed by atoms with E-state index in [1.807, 2.05) is 30.3 Å². The summed E-state index contributed by atoms with van der Waals surface area (Å²) in [6.45, 7) is 16.2. The van der Waals surface area contributed by atoms with E-state index in [2.05, 4.69) is 174 Å². The molecule has 0 unspecified atom stereocenters. The van der Waals surface area contributed by atoms with Crippen LogP contribution in [-0.4, -0.2) is 13.5 Å².